The van der Waals surface area contributed by atoms with Gasteiger partial charge in [-0.15, -0.1) is 0 Å². The Labute approximate surface area is 157 Å². The van der Waals surface area contributed by atoms with Gasteiger partial charge in [-0.05, 0) is 67.6 Å². The first-order valence-corrected chi connectivity index (χ1v) is 12.6. The maximum absolute atomic E-state index is 3.78. The fourth-order valence-corrected chi connectivity index (χ4v) is 10.0. The average molecular weight is 360 g/mol. The van der Waals surface area contributed by atoms with Crippen LogP contribution < -0.4 is 0 Å². The third kappa shape index (κ3) is 6.35. The van der Waals surface area contributed by atoms with Crippen molar-refractivity contribution in [1.29, 1.82) is 0 Å². The SMILES string of the molecule is C1CCC(P(C2CCCCC2)C2CCCCC2)CC1.c1ccncc1. The van der Waals surface area contributed by atoms with Gasteiger partial charge in [-0.2, -0.15) is 0 Å². The van der Waals surface area contributed by atoms with Crippen molar-refractivity contribution in [2.75, 3.05) is 0 Å². The van der Waals surface area contributed by atoms with Gasteiger partial charge in [0.25, 0.3) is 0 Å². The molecule has 3 fully saturated rings. The first-order valence-electron chi connectivity index (χ1n) is 11.1. The van der Waals surface area contributed by atoms with E-state index in [1.165, 1.54) is 36.2 Å². The van der Waals surface area contributed by atoms with Gasteiger partial charge in [0.15, 0.2) is 0 Å². The number of rotatable bonds is 3. The lowest BCUT2D eigenvalue weighted by Gasteiger charge is -2.44. The monoisotopic (exact) mass is 359 g/mol. The molecule has 1 aromatic heterocycles. The Morgan fingerprint density at radius 3 is 1.08 bits per heavy atom. The molecule has 0 bridgehead atoms. The minimum absolute atomic E-state index is 0.385. The summed E-state index contributed by atoms with van der Waals surface area (Å²) in [5, 5.41) is 0. The summed E-state index contributed by atoms with van der Waals surface area (Å²) in [6.07, 6.45) is 27.1. The Kier molecular flexibility index (Phi) is 8.76. The van der Waals surface area contributed by atoms with Gasteiger partial charge in [-0.1, -0.05) is 71.8 Å². The van der Waals surface area contributed by atoms with E-state index >= 15 is 0 Å². The van der Waals surface area contributed by atoms with Crippen LogP contribution in [-0.2, 0) is 0 Å². The van der Waals surface area contributed by atoms with E-state index in [9.17, 15) is 0 Å². The highest BCUT2D eigenvalue weighted by atomic mass is 31.1. The van der Waals surface area contributed by atoms with Crippen LogP contribution in [-0.4, -0.2) is 22.0 Å². The molecule has 0 amide bonds. The molecule has 3 saturated carbocycles. The summed E-state index contributed by atoms with van der Waals surface area (Å²) in [7, 11) is 0.385. The van der Waals surface area contributed by atoms with Gasteiger partial charge in [-0.25, -0.2) is 0 Å². The second kappa shape index (κ2) is 11.3. The van der Waals surface area contributed by atoms with Crippen LogP contribution in [0.3, 0.4) is 0 Å². The molecule has 25 heavy (non-hydrogen) atoms. The van der Waals surface area contributed by atoms with E-state index in [2.05, 4.69) is 4.98 Å². The number of hydrogen-bond acceptors (Lipinski definition) is 1. The zero-order valence-electron chi connectivity index (χ0n) is 16.1. The van der Waals surface area contributed by atoms with Crippen molar-refractivity contribution in [3.05, 3.63) is 30.6 Å². The lowest BCUT2D eigenvalue weighted by Crippen LogP contribution is -2.28. The first kappa shape index (κ1) is 19.3. The lowest BCUT2D eigenvalue weighted by atomic mass is 9.99. The number of nitrogens with zero attached hydrogens (tertiary/aromatic N) is 1. The highest BCUT2D eigenvalue weighted by molar-refractivity contribution is 7.60. The number of hydrogen-bond donors (Lipinski definition) is 0. The van der Waals surface area contributed by atoms with Crippen LogP contribution in [0.15, 0.2) is 30.6 Å². The van der Waals surface area contributed by atoms with E-state index < -0.39 is 0 Å². The van der Waals surface area contributed by atoms with E-state index in [-0.39, 0.29) is 0 Å². The molecule has 3 aliphatic rings. The van der Waals surface area contributed by atoms with Gasteiger partial charge >= 0.3 is 0 Å². The van der Waals surface area contributed by atoms with Gasteiger partial charge in [0.2, 0.25) is 0 Å². The van der Waals surface area contributed by atoms with Crippen molar-refractivity contribution in [3.8, 4) is 0 Å². The van der Waals surface area contributed by atoms with Crippen LogP contribution in [0.1, 0.15) is 96.3 Å². The molecule has 0 saturated heterocycles. The van der Waals surface area contributed by atoms with Gasteiger partial charge in [0.05, 0.1) is 0 Å². The molecule has 4 rings (SSSR count). The fraction of sp³-hybridized carbons (Fsp3) is 0.783. The molecule has 3 aliphatic carbocycles. The largest absolute Gasteiger partial charge is 0.265 e. The molecule has 0 aromatic carbocycles. The van der Waals surface area contributed by atoms with Gasteiger partial charge < -0.3 is 0 Å². The normalized spacial score (nSPS) is 23.9. The van der Waals surface area contributed by atoms with Crippen molar-refractivity contribution in [2.45, 2.75) is 113 Å². The van der Waals surface area contributed by atoms with E-state index in [1.54, 1.807) is 89.4 Å². The van der Waals surface area contributed by atoms with Crippen molar-refractivity contribution in [1.82, 2.24) is 4.98 Å². The zero-order chi connectivity index (χ0) is 17.2. The van der Waals surface area contributed by atoms with Crippen LogP contribution in [0.25, 0.3) is 0 Å². The van der Waals surface area contributed by atoms with Crippen LogP contribution in [0.4, 0.5) is 0 Å². The summed E-state index contributed by atoms with van der Waals surface area (Å²) in [6, 6.07) is 5.72. The van der Waals surface area contributed by atoms with Gasteiger partial charge in [0, 0.05) is 12.4 Å². The third-order valence-corrected chi connectivity index (χ3v) is 10.6. The highest BCUT2D eigenvalue weighted by Crippen LogP contribution is 2.61. The van der Waals surface area contributed by atoms with E-state index in [0.29, 0.717) is 7.92 Å². The van der Waals surface area contributed by atoms with Crippen LogP contribution in [0.5, 0.6) is 0 Å². The second-order valence-corrected chi connectivity index (χ2v) is 11.4. The molecule has 140 valence electrons. The molecule has 1 nitrogen and oxygen atoms in total. The predicted molar refractivity (Wildman–Crippen MR) is 112 cm³/mol. The summed E-state index contributed by atoms with van der Waals surface area (Å²) in [5.74, 6) is 0. The molecule has 0 unspecified atom stereocenters. The molecule has 0 atom stereocenters. The topological polar surface area (TPSA) is 12.9 Å². The van der Waals surface area contributed by atoms with Crippen molar-refractivity contribution >= 4 is 7.92 Å². The molecule has 0 radical (unpaired) electrons. The third-order valence-electron chi connectivity index (χ3n) is 6.56. The molecule has 1 heterocycles. The molecule has 0 spiro atoms. The summed E-state index contributed by atoms with van der Waals surface area (Å²) in [6.45, 7) is 0. The lowest BCUT2D eigenvalue weighted by molar-refractivity contribution is 0.460. The summed E-state index contributed by atoms with van der Waals surface area (Å²) < 4.78 is 0. The van der Waals surface area contributed by atoms with E-state index in [0.717, 1.165) is 0 Å². The Balaban J connectivity index is 0.000000258. The summed E-state index contributed by atoms with van der Waals surface area (Å²) in [4.78, 5) is 3.78. The highest BCUT2D eigenvalue weighted by Gasteiger charge is 2.36. The first-order chi connectivity index (χ1) is 12.4. The van der Waals surface area contributed by atoms with Gasteiger partial charge in [-0.3, -0.25) is 4.98 Å². The predicted octanol–water partition coefficient (Wildman–Crippen LogP) is 7.55. The van der Waals surface area contributed by atoms with Crippen LogP contribution >= 0.6 is 7.92 Å². The van der Waals surface area contributed by atoms with Crippen LogP contribution in [0, 0.1) is 0 Å². The minimum Gasteiger partial charge on any atom is -0.265 e. The van der Waals surface area contributed by atoms with Gasteiger partial charge in [0.1, 0.15) is 0 Å². The standard InChI is InChI=1S/C18H33P.C5H5N/c1-4-10-16(11-5-1)19(17-12-6-2-7-13-17)18-14-8-3-9-15-18;1-2-4-6-5-3-1/h16-18H,1-15H2;1-5H. The second-order valence-electron chi connectivity index (χ2n) is 8.35. The number of aromatic nitrogens is 1. The Morgan fingerprint density at radius 1 is 0.480 bits per heavy atom. The Hall–Kier alpha value is -0.420. The summed E-state index contributed by atoms with van der Waals surface area (Å²) in [5.41, 5.74) is 3.57. The molecule has 0 aliphatic heterocycles. The molecular weight excluding hydrogens is 321 g/mol. The molecule has 1 aromatic rings. The van der Waals surface area contributed by atoms with E-state index in [1.807, 2.05) is 18.2 Å². The average Bonchev–Trinajstić information content (AvgIpc) is 2.72. The molecule has 0 N–H and O–H groups in total. The minimum atomic E-state index is 0.385. The van der Waals surface area contributed by atoms with E-state index in [4.69, 9.17) is 0 Å². The maximum atomic E-state index is 3.78. The van der Waals surface area contributed by atoms with Crippen LogP contribution in [0.2, 0.25) is 0 Å². The quantitative estimate of drug-likeness (QED) is 0.508. The van der Waals surface area contributed by atoms with Crippen molar-refractivity contribution < 1.29 is 0 Å². The fourth-order valence-electron chi connectivity index (χ4n) is 5.34. The Bertz CT molecular complexity index is 361. The maximum Gasteiger partial charge on any atom is 0.0267 e. The Morgan fingerprint density at radius 2 is 0.840 bits per heavy atom. The van der Waals surface area contributed by atoms with Crippen molar-refractivity contribution in [3.63, 3.8) is 0 Å². The van der Waals surface area contributed by atoms with Crippen molar-refractivity contribution in [2.24, 2.45) is 0 Å². The number of pyridine rings is 1. The molecular formula is C23H38NP. The smallest absolute Gasteiger partial charge is 0.0267 e. The zero-order valence-corrected chi connectivity index (χ0v) is 17.0. The summed E-state index contributed by atoms with van der Waals surface area (Å²) >= 11 is 0. The molecule has 2 heteroatoms.